The maximum Gasteiger partial charge on any atom is 0.152 e. The SMILES string of the molecule is COCCN[C@H]1CC[C@H](Nc2cc(-c3cnc(Cl)c(NCC4CCOCC4)c3)c(F)cn2)CC1. The summed E-state index contributed by atoms with van der Waals surface area (Å²) >= 11 is 6.32. The van der Waals surface area contributed by atoms with Crippen molar-refractivity contribution in [3.05, 3.63) is 35.5 Å². The van der Waals surface area contributed by atoms with E-state index < -0.39 is 0 Å². The zero-order chi connectivity index (χ0) is 23.8. The molecule has 3 heterocycles. The van der Waals surface area contributed by atoms with Crippen LogP contribution in [-0.4, -0.2) is 62.1 Å². The van der Waals surface area contributed by atoms with Crippen molar-refractivity contribution in [2.75, 3.05) is 50.7 Å². The summed E-state index contributed by atoms with van der Waals surface area (Å²) in [6.07, 6.45) is 9.22. The van der Waals surface area contributed by atoms with E-state index >= 15 is 0 Å². The molecule has 2 aliphatic rings. The minimum Gasteiger partial charge on any atom is -0.383 e. The van der Waals surface area contributed by atoms with Crippen LogP contribution in [0.1, 0.15) is 38.5 Å². The van der Waals surface area contributed by atoms with E-state index in [0.29, 0.717) is 40.1 Å². The molecule has 0 unspecified atom stereocenters. The third-order valence-corrected chi connectivity index (χ3v) is 7.05. The molecule has 0 atom stereocenters. The Bertz CT molecular complexity index is 920. The lowest BCUT2D eigenvalue weighted by molar-refractivity contribution is 0.0699. The molecule has 1 saturated heterocycles. The molecule has 1 aliphatic heterocycles. The lowest BCUT2D eigenvalue weighted by Crippen LogP contribution is -2.38. The summed E-state index contributed by atoms with van der Waals surface area (Å²) < 4.78 is 25.3. The van der Waals surface area contributed by atoms with Gasteiger partial charge in [-0.1, -0.05) is 11.6 Å². The fraction of sp³-hybridized carbons (Fsp3) is 0.600. The highest BCUT2D eigenvalue weighted by Gasteiger charge is 2.21. The van der Waals surface area contributed by atoms with Gasteiger partial charge in [-0.25, -0.2) is 14.4 Å². The quantitative estimate of drug-likeness (QED) is 0.327. The molecule has 0 spiro atoms. The fourth-order valence-electron chi connectivity index (χ4n) is 4.68. The molecule has 4 rings (SSSR count). The Morgan fingerprint density at radius 3 is 2.59 bits per heavy atom. The second-order valence-electron chi connectivity index (χ2n) is 9.19. The van der Waals surface area contributed by atoms with Crippen LogP contribution in [0.15, 0.2) is 24.5 Å². The van der Waals surface area contributed by atoms with Crippen LogP contribution in [0.4, 0.5) is 15.9 Å². The zero-order valence-electron chi connectivity index (χ0n) is 19.8. The van der Waals surface area contributed by atoms with E-state index in [1.165, 1.54) is 6.20 Å². The second kappa shape index (κ2) is 12.6. The molecule has 3 N–H and O–H groups in total. The van der Waals surface area contributed by atoms with Crippen molar-refractivity contribution in [3.63, 3.8) is 0 Å². The summed E-state index contributed by atoms with van der Waals surface area (Å²) in [6, 6.07) is 4.49. The highest BCUT2D eigenvalue weighted by Crippen LogP contribution is 2.31. The van der Waals surface area contributed by atoms with Gasteiger partial charge in [0, 0.05) is 62.8 Å². The molecule has 0 radical (unpaired) electrons. The molecule has 0 amide bonds. The molecular formula is C25H35ClFN5O2. The van der Waals surface area contributed by atoms with Gasteiger partial charge in [0.25, 0.3) is 0 Å². The standard InChI is InChI=1S/C25H35ClFN5O2/c1-33-11-8-28-19-2-4-20(5-3-19)32-24-13-21(22(27)16-30-24)18-12-23(25(26)31-15-18)29-14-17-6-9-34-10-7-17/h12-13,15-17,19-20,28-29H,2-11,14H2,1H3,(H,30,32)/t19-,20-. The summed E-state index contributed by atoms with van der Waals surface area (Å²) in [6.45, 7) is 3.99. The number of hydrogen-bond donors (Lipinski definition) is 3. The largest absolute Gasteiger partial charge is 0.383 e. The lowest BCUT2D eigenvalue weighted by atomic mass is 9.91. The first-order valence-electron chi connectivity index (χ1n) is 12.2. The highest BCUT2D eigenvalue weighted by molar-refractivity contribution is 6.32. The van der Waals surface area contributed by atoms with E-state index in [1.54, 1.807) is 19.4 Å². The molecule has 7 nitrogen and oxygen atoms in total. The van der Waals surface area contributed by atoms with E-state index in [0.717, 1.165) is 77.1 Å². The average molecular weight is 492 g/mol. The van der Waals surface area contributed by atoms with Crippen molar-refractivity contribution in [1.82, 2.24) is 15.3 Å². The number of methoxy groups -OCH3 is 1. The predicted octanol–water partition coefficient (Wildman–Crippen LogP) is 4.73. The minimum absolute atomic E-state index is 0.325. The van der Waals surface area contributed by atoms with Crippen molar-refractivity contribution in [2.24, 2.45) is 5.92 Å². The summed E-state index contributed by atoms with van der Waals surface area (Å²) in [4.78, 5) is 8.58. The van der Waals surface area contributed by atoms with Crippen molar-refractivity contribution in [1.29, 1.82) is 0 Å². The van der Waals surface area contributed by atoms with Crippen LogP contribution in [0.2, 0.25) is 5.15 Å². The van der Waals surface area contributed by atoms with Gasteiger partial charge in [-0.3, -0.25) is 0 Å². The predicted molar refractivity (Wildman–Crippen MR) is 134 cm³/mol. The molecule has 34 heavy (non-hydrogen) atoms. The summed E-state index contributed by atoms with van der Waals surface area (Å²) in [5, 5.41) is 10.8. The van der Waals surface area contributed by atoms with Crippen LogP contribution in [0.25, 0.3) is 11.1 Å². The molecule has 1 saturated carbocycles. The van der Waals surface area contributed by atoms with Gasteiger partial charge < -0.3 is 25.4 Å². The Hall–Kier alpha value is -2.00. The zero-order valence-corrected chi connectivity index (χ0v) is 20.5. The van der Waals surface area contributed by atoms with Crippen LogP contribution in [-0.2, 0) is 9.47 Å². The Kier molecular flexibility index (Phi) is 9.33. The lowest BCUT2D eigenvalue weighted by Gasteiger charge is -2.30. The number of hydrogen-bond acceptors (Lipinski definition) is 7. The number of aromatic nitrogens is 2. The van der Waals surface area contributed by atoms with Crippen molar-refractivity contribution in [3.8, 4) is 11.1 Å². The molecule has 0 bridgehead atoms. The Morgan fingerprint density at radius 1 is 1.06 bits per heavy atom. The van der Waals surface area contributed by atoms with Gasteiger partial charge in [0.1, 0.15) is 11.6 Å². The summed E-state index contributed by atoms with van der Waals surface area (Å²) in [5.41, 5.74) is 1.86. The van der Waals surface area contributed by atoms with Crippen LogP contribution in [0, 0.1) is 11.7 Å². The number of rotatable bonds is 10. The molecule has 0 aromatic carbocycles. The third-order valence-electron chi connectivity index (χ3n) is 6.75. The van der Waals surface area contributed by atoms with E-state index in [2.05, 4.69) is 25.9 Å². The van der Waals surface area contributed by atoms with Gasteiger partial charge in [0.2, 0.25) is 0 Å². The topological polar surface area (TPSA) is 80.3 Å². The first-order chi connectivity index (χ1) is 16.6. The van der Waals surface area contributed by atoms with E-state index in [-0.39, 0.29) is 5.82 Å². The second-order valence-corrected chi connectivity index (χ2v) is 9.55. The van der Waals surface area contributed by atoms with Gasteiger partial charge in [0.05, 0.1) is 18.5 Å². The first-order valence-corrected chi connectivity index (χ1v) is 12.6. The smallest absolute Gasteiger partial charge is 0.152 e. The maximum atomic E-state index is 14.7. The summed E-state index contributed by atoms with van der Waals surface area (Å²) in [5.74, 6) is 0.835. The average Bonchev–Trinajstić information content (AvgIpc) is 2.87. The Morgan fingerprint density at radius 2 is 1.82 bits per heavy atom. The first kappa shape index (κ1) is 25.1. The third kappa shape index (κ3) is 7.01. The number of anilines is 2. The molecule has 2 aromatic rings. The highest BCUT2D eigenvalue weighted by atomic mass is 35.5. The molecule has 186 valence electrons. The number of pyridine rings is 2. The molecule has 9 heteroatoms. The number of nitrogens with one attached hydrogen (secondary N) is 3. The van der Waals surface area contributed by atoms with Gasteiger partial charge in [-0.05, 0) is 56.6 Å². The van der Waals surface area contributed by atoms with E-state index in [4.69, 9.17) is 21.1 Å². The normalized spacial score (nSPS) is 21.4. The van der Waals surface area contributed by atoms with Gasteiger partial charge >= 0.3 is 0 Å². The molecule has 1 aliphatic carbocycles. The van der Waals surface area contributed by atoms with Crippen LogP contribution in [0.5, 0.6) is 0 Å². The van der Waals surface area contributed by atoms with E-state index in [1.807, 2.05) is 6.07 Å². The van der Waals surface area contributed by atoms with Crippen LogP contribution >= 0.6 is 11.6 Å². The molecule has 2 aromatic heterocycles. The minimum atomic E-state index is -0.379. The van der Waals surface area contributed by atoms with Gasteiger partial charge in [-0.2, -0.15) is 0 Å². The molecular weight excluding hydrogens is 457 g/mol. The monoisotopic (exact) mass is 491 g/mol. The molecule has 2 fully saturated rings. The maximum absolute atomic E-state index is 14.7. The number of halogens is 2. The number of nitrogens with zero attached hydrogens (tertiary/aromatic N) is 2. The Labute approximate surface area is 206 Å². The fourth-order valence-corrected chi connectivity index (χ4v) is 4.85. The van der Waals surface area contributed by atoms with Crippen LogP contribution < -0.4 is 16.0 Å². The van der Waals surface area contributed by atoms with Crippen molar-refractivity contribution >= 4 is 23.1 Å². The van der Waals surface area contributed by atoms with E-state index in [9.17, 15) is 4.39 Å². The van der Waals surface area contributed by atoms with Gasteiger partial charge in [0.15, 0.2) is 5.15 Å². The summed E-state index contributed by atoms with van der Waals surface area (Å²) in [7, 11) is 1.72. The van der Waals surface area contributed by atoms with Crippen LogP contribution in [0.3, 0.4) is 0 Å². The number of ether oxygens (including phenoxy) is 2. The van der Waals surface area contributed by atoms with Crippen molar-refractivity contribution in [2.45, 2.75) is 50.6 Å². The van der Waals surface area contributed by atoms with Gasteiger partial charge in [-0.15, -0.1) is 0 Å². The van der Waals surface area contributed by atoms with Crippen molar-refractivity contribution < 1.29 is 13.9 Å². The Balaban J connectivity index is 1.38.